The molecular weight excluding hydrogens is 364 g/mol. The normalized spacial score (nSPS) is 22.1. The lowest BCUT2D eigenvalue weighted by Crippen LogP contribution is -2.44. The fourth-order valence-corrected chi connectivity index (χ4v) is 4.36. The maximum absolute atomic E-state index is 11.1. The fourth-order valence-electron chi connectivity index (χ4n) is 4.13. The minimum atomic E-state index is -0.589. The quantitative estimate of drug-likeness (QED) is 0.391. The van der Waals surface area contributed by atoms with Gasteiger partial charge in [-0.05, 0) is 55.9 Å². The van der Waals surface area contributed by atoms with Crippen LogP contribution in [-0.4, -0.2) is 46.7 Å². The zero-order chi connectivity index (χ0) is 19.1. The van der Waals surface area contributed by atoms with Crippen LogP contribution in [0.2, 0.25) is 5.02 Å². The van der Waals surface area contributed by atoms with Gasteiger partial charge in [0.2, 0.25) is 0 Å². The second kappa shape index (κ2) is 10.1. The van der Waals surface area contributed by atoms with E-state index >= 15 is 0 Å². The molecule has 2 aliphatic rings. The van der Waals surface area contributed by atoms with Crippen molar-refractivity contribution in [2.45, 2.75) is 51.0 Å². The molecule has 1 aliphatic heterocycles. The highest BCUT2D eigenvalue weighted by Gasteiger charge is 2.24. The number of hydroxylamine groups is 1. The summed E-state index contributed by atoms with van der Waals surface area (Å²) in [5, 5.41) is 12.5. The van der Waals surface area contributed by atoms with E-state index in [4.69, 9.17) is 16.8 Å². The maximum atomic E-state index is 11.1. The number of likely N-dealkylation sites (tertiary alicyclic amines) is 1. The molecule has 1 aromatic heterocycles. The van der Waals surface area contributed by atoms with E-state index in [1.54, 1.807) is 23.8 Å². The van der Waals surface area contributed by atoms with Crippen LogP contribution >= 0.6 is 11.6 Å². The SMILES string of the molecule is O=C(/C=C/c1cnc(N[C@@H]2CCCN(CC3CCCCC3)C2)c(Cl)c1)NO. The molecule has 3 rings (SSSR count). The van der Waals surface area contributed by atoms with E-state index in [1.165, 1.54) is 57.7 Å². The van der Waals surface area contributed by atoms with E-state index in [9.17, 15) is 4.79 Å². The van der Waals surface area contributed by atoms with Crippen molar-refractivity contribution in [3.05, 3.63) is 28.9 Å². The molecule has 27 heavy (non-hydrogen) atoms. The number of aromatic nitrogens is 1. The molecule has 2 heterocycles. The fraction of sp³-hybridized carbons (Fsp3) is 0.600. The predicted octanol–water partition coefficient (Wildman–Crippen LogP) is 3.71. The van der Waals surface area contributed by atoms with Gasteiger partial charge in [0, 0.05) is 31.4 Å². The van der Waals surface area contributed by atoms with Gasteiger partial charge in [-0.25, -0.2) is 10.5 Å². The van der Waals surface area contributed by atoms with Crippen LogP contribution in [0.15, 0.2) is 18.3 Å². The summed E-state index contributed by atoms with van der Waals surface area (Å²) in [6.45, 7) is 3.44. The van der Waals surface area contributed by atoms with Crippen molar-refractivity contribution in [3.63, 3.8) is 0 Å². The van der Waals surface area contributed by atoms with Crippen molar-refractivity contribution >= 4 is 29.4 Å². The molecule has 1 saturated carbocycles. The number of rotatable bonds is 6. The van der Waals surface area contributed by atoms with Crippen LogP contribution in [0.3, 0.4) is 0 Å². The van der Waals surface area contributed by atoms with Crippen LogP contribution < -0.4 is 10.8 Å². The topological polar surface area (TPSA) is 77.5 Å². The number of piperidine rings is 1. The Morgan fingerprint density at radius 1 is 1.30 bits per heavy atom. The average molecular weight is 393 g/mol. The van der Waals surface area contributed by atoms with Crippen LogP contribution in [0.1, 0.15) is 50.5 Å². The lowest BCUT2D eigenvalue weighted by atomic mass is 9.88. The molecule has 1 aliphatic carbocycles. The number of anilines is 1. The van der Waals surface area contributed by atoms with E-state index < -0.39 is 5.91 Å². The summed E-state index contributed by atoms with van der Waals surface area (Å²) in [6, 6.07) is 2.12. The van der Waals surface area contributed by atoms with Crippen molar-refractivity contribution in [2.24, 2.45) is 5.92 Å². The molecular formula is C20H29ClN4O2. The number of carbonyl (C=O) groups is 1. The summed E-state index contributed by atoms with van der Waals surface area (Å²) in [5.74, 6) is 0.958. The van der Waals surface area contributed by atoms with Crippen molar-refractivity contribution in [3.8, 4) is 0 Å². The largest absolute Gasteiger partial charge is 0.365 e. The van der Waals surface area contributed by atoms with Crippen molar-refractivity contribution in [2.75, 3.05) is 25.0 Å². The molecule has 0 aromatic carbocycles. The van der Waals surface area contributed by atoms with Crippen molar-refractivity contribution < 1.29 is 10.0 Å². The van der Waals surface area contributed by atoms with E-state index in [1.807, 2.05) is 0 Å². The maximum Gasteiger partial charge on any atom is 0.267 e. The standard InChI is InChI=1S/C20H29ClN4O2/c21-18-11-16(8-9-19(26)24-27)12-22-20(18)23-17-7-4-10-25(14-17)13-15-5-2-1-3-6-15/h8-9,11-12,15,17,27H,1-7,10,13-14H2,(H,22,23)(H,24,26)/b9-8+/t17-/m1/s1. The number of pyridine rings is 1. The molecule has 7 heteroatoms. The first-order valence-corrected chi connectivity index (χ1v) is 10.3. The van der Waals surface area contributed by atoms with E-state index in [2.05, 4.69) is 15.2 Å². The number of nitrogens with one attached hydrogen (secondary N) is 2. The Kier molecular flexibility index (Phi) is 7.50. The summed E-state index contributed by atoms with van der Waals surface area (Å²) in [6.07, 6.45) is 13.7. The molecule has 1 aromatic rings. The third-order valence-electron chi connectivity index (χ3n) is 5.49. The molecule has 0 spiro atoms. The monoisotopic (exact) mass is 392 g/mol. The molecule has 148 valence electrons. The Hall–Kier alpha value is -1.63. The highest BCUT2D eigenvalue weighted by Crippen LogP contribution is 2.27. The van der Waals surface area contributed by atoms with Gasteiger partial charge in [-0.15, -0.1) is 0 Å². The predicted molar refractivity (Wildman–Crippen MR) is 108 cm³/mol. The second-order valence-corrected chi connectivity index (χ2v) is 8.06. The Balaban J connectivity index is 1.54. The number of halogens is 1. The first-order chi connectivity index (χ1) is 13.1. The van der Waals surface area contributed by atoms with Gasteiger partial charge in [-0.3, -0.25) is 10.0 Å². The number of hydrogen-bond acceptors (Lipinski definition) is 5. The lowest BCUT2D eigenvalue weighted by molar-refractivity contribution is -0.124. The van der Waals surface area contributed by atoms with Gasteiger partial charge in [0.05, 0.1) is 5.02 Å². The number of carbonyl (C=O) groups excluding carboxylic acids is 1. The zero-order valence-electron chi connectivity index (χ0n) is 15.7. The van der Waals surface area contributed by atoms with Gasteiger partial charge >= 0.3 is 0 Å². The summed E-state index contributed by atoms with van der Waals surface area (Å²) in [7, 11) is 0. The average Bonchev–Trinajstić information content (AvgIpc) is 2.69. The third-order valence-corrected chi connectivity index (χ3v) is 5.78. The van der Waals surface area contributed by atoms with Gasteiger partial charge in [0.1, 0.15) is 5.82 Å². The molecule has 1 amide bonds. The van der Waals surface area contributed by atoms with E-state index in [0.29, 0.717) is 22.4 Å². The van der Waals surface area contributed by atoms with Crippen LogP contribution in [-0.2, 0) is 4.79 Å². The van der Waals surface area contributed by atoms with Crippen LogP contribution in [0.25, 0.3) is 6.08 Å². The van der Waals surface area contributed by atoms with E-state index in [-0.39, 0.29) is 0 Å². The van der Waals surface area contributed by atoms with Gasteiger partial charge in [-0.2, -0.15) is 0 Å². The number of amides is 1. The van der Waals surface area contributed by atoms with Gasteiger partial charge < -0.3 is 10.2 Å². The molecule has 0 bridgehead atoms. The second-order valence-electron chi connectivity index (χ2n) is 7.66. The van der Waals surface area contributed by atoms with Crippen molar-refractivity contribution in [1.29, 1.82) is 0 Å². The molecule has 1 atom stereocenters. The zero-order valence-corrected chi connectivity index (χ0v) is 16.4. The highest BCUT2D eigenvalue weighted by molar-refractivity contribution is 6.33. The molecule has 2 fully saturated rings. The first-order valence-electron chi connectivity index (χ1n) is 9.90. The minimum Gasteiger partial charge on any atom is -0.365 e. The van der Waals surface area contributed by atoms with E-state index in [0.717, 1.165) is 18.9 Å². The molecule has 1 saturated heterocycles. The summed E-state index contributed by atoms with van der Waals surface area (Å²) >= 11 is 6.37. The minimum absolute atomic E-state index is 0.355. The smallest absolute Gasteiger partial charge is 0.267 e. The molecule has 0 radical (unpaired) electrons. The molecule has 3 N–H and O–H groups in total. The van der Waals surface area contributed by atoms with Gasteiger partial charge in [-0.1, -0.05) is 30.9 Å². The Labute approximate surface area is 165 Å². The third kappa shape index (κ3) is 6.19. The lowest BCUT2D eigenvalue weighted by Gasteiger charge is -2.36. The first kappa shape index (κ1) is 20.1. The van der Waals surface area contributed by atoms with Gasteiger partial charge in [0.25, 0.3) is 5.91 Å². The van der Waals surface area contributed by atoms with Crippen LogP contribution in [0.4, 0.5) is 5.82 Å². The summed E-state index contributed by atoms with van der Waals surface area (Å²) in [4.78, 5) is 18.1. The van der Waals surface area contributed by atoms with Crippen LogP contribution in [0, 0.1) is 5.92 Å². The Morgan fingerprint density at radius 3 is 2.85 bits per heavy atom. The Morgan fingerprint density at radius 2 is 2.11 bits per heavy atom. The highest BCUT2D eigenvalue weighted by atomic mass is 35.5. The van der Waals surface area contributed by atoms with Crippen LogP contribution in [0.5, 0.6) is 0 Å². The number of nitrogens with zero attached hydrogens (tertiary/aromatic N) is 2. The summed E-state index contributed by atoms with van der Waals surface area (Å²) in [5.41, 5.74) is 2.26. The van der Waals surface area contributed by atoms with Gasteiger partial charge in [0.15, 0.2) is 0 Å². The molecule has 0 unspecified atom stereocenters. The summed E-state index contributed by atoms with van der Waals surface area (Å²) < 4.78 is 0. The Bertz CT molecular complexity index is 661. The van der Waals surface area contributed by atoms with Crippen molar-refractivity contribution in [1.82, 2.24) is 15.4 Å². The molecule has 6 nitrogen and oxygen atoms in total. The number of hydrogen-bond donors (Lipinski definition) is 3.